The molecule has 0 spiro atoms. The van der Waals surface area contributed by atoms with Crippen molar-refractivity contribution in [3.8, 4) is 5.75 Å². The second kappa shape index (κ2) is 5.34. The molecule has 3 nitrogen and oxygen atoms in total. The number of methoxy groups -OCH3 is 1. The summed E-state index contributed by atoms with van der Waals surface area (Å²) in [7, 11) is 1.50. The van der Waals surface area contributed by atoms with Crippen molar-refractivity contribution in [2.24, 2.45) is 0 Å². The largest absolute Gasteiger partial charge is 0.497 e. The third-order valence-corrected chi connectivity index (χ3v) is 3.55. The van der Waals surface area contributed by atoms with Crippen molar-refractivity contribution in [2.45, 2.75) is 32.0 Å². The minimum atomic E-state index is -4.40. The molecule has 1 atom stereocenters. The van der Waals surface area contributed by atoms with Gasteiger partial charge in [-0.1, -0.05) is 6.07 Å². The lowest BCUT2D eigenvalue weighted by atomic mass is 9.99. The van der Waals surface area contributed by atoms with Gasteiger partial charge in [-0.05, 0) is 36.6 Å². The van der Waals surface area contributed by atoms with Gasteiger partial charge in [0.05, 0.1) is 13.2 Å². The minimum absolute atomic E-state index is 0.0970. The molecular formula is C14H16F3NO2. The van der Waals surface area contributed by atoms with Gasteiger partial charge in [-0.3, -0.25) is 4.79 Å². The fraction of sp³-hybridized carbons (Fsp3) is 0.500. The second-order valence-electron chi connectivity index (χ2n) is 4.88. The maximum absolute atomic E-state index is 12.6. The summed E-state index contributed by atoms with van der Waals surface area (Å²) in [4.78, 5) is 12.8. The highest BCUT2D eigenvalue weighted by molar-refractivity contribution is 5.78. The zero-order valence-corrected chi connectivity index (χ0v) is 11.3. The van der Waals surface area contributed by atoms with Crippen LogP contribution in [0.15, 0.2) is 18.2 Å². The van der Waals surface area contributed by atoms with Crippen molar-refractivity contribution >= 4 is 5.91 Å². The van der Waals surface area contributed by atoms with Crippen LogP contribution in [0.3, 0.4) is 0 Å². The summed E-state index contributed by atoms with van der Waals surface area (Å²) >= 11 is 0. The summed E-state index contributed by atoms with van der Waals surface area (Å²) in [5.74, 6) is 0.113. The van der Waals surface area contributed by atoms with E-state index in [1.54, 1.807) is 19.1 Å². The van der Waals surface area contributed by atoms with Gasteiger partial charge in [-0.2, -0.15) is 13.2 Å². The molecule has 6 heteroatoms. The van der Waals surface area contributed by atoms with Gasteiger partial charge in [-0.25, -0.2) is 0 Å². The number of carbonyl (C=O) groups excluding carboxylic acids is 1. The van der Waals surface area contributed by atoms with Crippen molar-refractivity contribution in [3.63, 3.8) is 0 Å². The van der Waals surface area contributed by atoms with Crippen LogP contribution in [0, 0.1) is 0 Å². The molecule has 1 aromatic rings. The van der Waals surface area contributed by atoms with E-state index < -0.39 is 24.7 Å². The quantitative estimate of drug-likeness (QED) is 0.836. The number of alkyl halides is 3. The van der Waals surface area contributed by atoms with Crippen LogP contribution in [-0.2, 0) is 11.2 Å². The van der Waals surface area contributed by atoms with E-state index in [1.165, 1.54) is 7.11 Å². The number of carbonyl (C=O) groups is 1. The second-order valence-corrected chi connectivity index (χ2v) is 4.88. The predicted molar refractivity (Wildman–Crippen MR) is 67.5 cm³/mol. The van der Waals surface area contributed by atoms with Crippen LogP contribution in [-0.4, -0.2) is 30.6 Å². The van der Waals surface area contributed by atoms with Crippen LogP contribution < -0.4 is 4.74 Å². The normalized spacial score (nSPS) is 19.6. The van der Waals surface area contributed by atoms with Crippen LogP contribution in [0.4, 0.5) is 13.2 Å². The minimum Gasteiger partial charge on any atom is -0.497 e. The Bertz CT molecular complexity index is 514. The Morgan fingerprint density at radius 3 is 2.65 bits per heavy atom. The van der Waals surface area contributed by atoms with Gasteiger partial charge in [0.15, 0.2) is 0 Å². The lowest BCUT2D eigenvalue weighted by molar-refractivity contribution is -0.165. The predicted octanol–water partition coefficient (Wildman–Crippen LogP) is 3.09. The van der Waals surface area contributed by atoms with E-state index in [2.05, 4.69) is 0 Å². The molecular weight excluding hydrogens is 271 g/mol. The summed E-state index contributed by atoms with van der Waals surface area (Å²) in [6.45, 7) is 0.400. The third kappa shape index (κ3) is 3.05. The summed E-state index contributed by atoms with van der Waals surface area (Å²) in [5.41, 5.74) is 1.62. The molecule has 1 aliphatic rings. The number of hydrogen-bond acceptors (Lipinski definition) is 2. The zero-order valence-electron chi connectivity index (χ0n) is 11.3. The molecule has 20 heavy (non-hydrogen) atoms. The highest BCUT2D eigenvalue weighted by atomic mass is 19.4. The number of fused-ring (bicyclic) bond motifs is 1. The number of benzene rings is 1. The molecule has 0 saturated carbocycles. The highest BCUT2D eigenvalue weighted by Crippen LogP contribution is 2.33. The molecule has 110 valence electrons. The number of hydrogen-bond donors (Lipinski definition) is 0. The Morgan fingerprint density at radius 2 is 2.05 bits per heavy atom. The average Bonchev–Trinajstić information content (AvgIpc) is 2.49. The molecule has 0 radical (unpaired) electrons. The molecule has 1 heterocycles. The van der Waals surface area contributed by atoms with Crippen molar-refractivity contribution in [2.75, 3.05) is 13.7 Å². The monoisotopic (exact) mass is 287 g/mol. The lowest BCUT2D eigenvalue weighted by Gasteiger charge is -2.29. The smallest absolute Gasteiger partial charge is 0.406 e. The van der Waals surface area contributed by atoms with E-state index in [-0.39, 0.29) is 6.42 Å². The molecule has 1 aromatic carbocycles. The van der Waals surface area contributed by atoms with E-state index in [1.807, 2.05) is 6.07 Å². The maximum atomic E-state index is 12.6. The first-order valence-corrected chi connectivity index (χ1v) is 6.35. The standard InChI is InChI=1S/C14H16F3NO2/c1-9-12-7-11(20-2)5-3-10(12)4-6-13(19)18(9)8-14(15,16)17/h3,5,7,9H,4,6,8H2,1-2H3. The van der Waals surface area contributed by atoms with Gasteiger partial charge in [0.1, 0.15) is 12.3 Å². The van der Waals surface area contributed by atoms with Gasteiger partial charge in [0.25, 0.3) is 0 Å². The Balaban J connectivity index is 2.38. The van der Waals surface area contributed by atoms with E-state index in [0.717, 1.165) is 16.0 Å². The molecule has 1 aliphatic heterocycles. The molecule has 0 bridgehead atoms. The summed E-state index contributed by atoms with van der Waals surface area (Å²) in [6, 6.07) is 4.67. The summed E-state index contributed by atoms with van der Waals surface area (Å²) in [6.07, 6.45) is -3.84. The summed E-state index contributed by atoms with van der Waals surface area (Å²) < 4.78 is 43.0. The Morgan fingerprint density at radius 1 is 1.35 bits per heavy atom. The van der Waals surface area contributed by atoms with Crippen molar-refractivity contribution < 1.29 is 22.7 Å². The number of aryl methyl sites for hydroxylation is 1. The van der Waals surface area contributed by atoms with Crippen molar-refractivity contribution in [1.29, 1.82) is 0 Å². The topological polar surface area (TPSA) is 29.5 Å². The fourth-order valence-corrected chi connectivity index (χ4v) is 2.50. The van der Waals surface area contributed by atoms with Gasteiger partial charge < -0.3 is 9.64 Å². The molecule has 0 aromatic heterocycles. The molecule has 0 fully saturated rings. The number of amides is 1. The first-order chi connectivity index (χ1) is 9.31. The van der Waals surface area contributed by atoms with E-state index >= 15 is 0 Å². The number of halogens is 3. The van der Waals surface area contributed by atoms with Gasteiger partial charge >= 0.3 is 6.18 Å². The van der Waals surface area contributed by atoms with Crippen LogP contribution in [0.5, 0.6) is 5.75 Å². The SMILES string of the molecule is COc1ccc2c(c1)C(C)N(CC(F)(F)F)C(=O)CC2. The molecule has 0 N–H and O–H groups in total. The van der Waals surface area contributed by atoms with Crippen molar-refractivity contribution in [3.05, 3.63) is 29.3 Å². The van der Waals surface area contributed by atoms with Gasteiger partial charge in [0, 0.05) is 6.42 Å². The number of ether oxygens (including phenoxy) is 1. The number of rotatable bonds is 2. The molecule has 0 aliphatic carbocycles. The molecule has 2 rings (SSSR count). The van der Waals surface area contributed by atoms with Crippen LogP contribution in [0.1, 0.15) is 30.5 Å². The van der Waals surface area contributed by atoms with E-state index in [9.17, 15) is 18.0 Å². The van der Waals surface area contributed by atoms with Crippen molar-refractivity contribution in [1.82, 2.24) is 4.90 Å². The highest BCUT2D eigenvalue weighted by Gasteiger charge is 2.37. The Labute approximate surface area is 115 Å². The van der Waals surface area contributed by atoms with Crippen LogP contribution in [0.2, 0.25) is 0 Å². The maximum Gasteiger partial charge on any atom is 0.406 e. The number of nitrogens with zero attached hydrogens (tertiary/aromatic N) is 1. The molecule has 1 amide bonds. The lowest BCUT2D eigenvalue weighted by Crippen LogP contribution is -2.39. The Kier molecular flexibility index (Phi) is 3.92. The van der Waals surface area contributed by atoms with Gasteiger partial charge in [-0.15, -0.1) is 0 Å². The first-order valence-electron chi connectivity index (χ1n) is 6.35. The van der Waals surface area contributed by atoms with E-state index in [4.69, 9.17) is 4.74 Å². The fourth-order valence-electron chi connectivity index (χ4n) is 2.50. The van der Waals surface area contributed by atoms with Gasteiger partial charge in [0.2, 0.25) is 5.91 Å². The molecule has 1 unspecified atom stereocenters. The first kappa shape index (κ1) is 14.7. The summed E-state index contributed by atoms with van der Waals surface area (Å²) in [5, 5.41) is 0. The third-order valence-electron chi connectivity index (χ3n) is 3.55. The molecule has 0 saturated heterocycles. The van der Waals surface area contributed by atoms with Crippen LogP contribution >= 0.6 is 0 Å². The zero-order chi connectivity index (χ0) is 14.9. The average molecular weight is 287 g/mol. The van der Waals surface area contributed by atoms with E-state index in [0.29, 0.717) is 12.2 Å². The van der Waals surface area contributed by atoms with Crippen LogP contribution in [0.25, 0.3) is 0 Å². The Hall–Kier alpha value is -1.72.